The molecule has 0 aromatic rings. The van der Waals surface area contributed by atoms with Crippen LogP contribution in [0.25, 0.3) is 0 Å². The maximum absolute atomic E-state index is 12.4. The van der Waals surface area contributed by atoms with Crippen molar-refractivity contribution in [2.24, 2.45) is 5.92 Å². The van der Waals surface area contributed by atoms with Crippen LogP contribution in [0.1, 0.15) is 32.6 Å². The summed E-state index contributed by atoms with van der Waals surface area (Å²) in [4.78, 5) is 14.4. The van der Waals surface area contributed by atoms with E-state index in [2.05, 4.69) is 12.2 Å². The van der Waals surface area contributed by atoms with E-state index in [0.29, 0.717) is 11.9 Å². The van der Waals surface area contributed by atoms with Crippen molar-refractivity contribution < 1.29 is 9.53 Å². The molecule has 2 aliphatic rings. The minimum Gasteiger partial charge on any atom is -0.380 e. The van der Waals surface area contributed by atoms with E-state index in [-0.39, 0.29) is 12.0 Å². The Kier molecular flexibility index (Phi) is 4.40. The maximum atomic E-state index is 12.4. The van der Waals surface area contributed by atoms with E-state index in [0.717, 1.165) is 45.3 Å². The highest BCUT2D eigenvalue weighted by atomic mass is 16.5. The first-order chi connectivity index (χ1) is 8.20. The van der Waals surface area contributed by atoms with E-state index in [4.69, 9.17) is 4.74 Å². The van der Waals surface area contributed by atoms with Crippen molar-refractivity contribution >= 4 is 5.91 Å². The van der Waals surface area contributed by atoms with Crippen LogP contribution in [0.15, 0.2) is 0 Å². The second kappa shape index (κ2) is 5.83. The van der Waals surface area contributed by atoms with Crippen molar-refractivity contribution in [1.82, 2.24) is 10.2 Å². The molecule has 2 rings (SSSR count). The number of hydrogen-bond acceptors (Lipinski definition) is 3. The number of carbonyl (C=O) groups excluding carboxylic acids is 1. The number of methoxy groups -OCH3 is 1. The van der Waals surface area contributed by atoms with Crippen LogP contribution >= 0.6 is 0 Å². The minimum atomic E-state index is 0.224. The molecule has 0 aliphatic carbocycles. The highest BCUT2D eigenvalue weighted by Crippen LogP contribution is 2.21. The lowest BCUT2D eigenvalue weighted by Gasteiger charge is -2.36. The predicted molar refractivity (Wildman–Crippen MR) is 66.8 cm³/mol. The zero-order valence-corrected chi connectivity index (χ0v) is 10.9. The van der Waals surface area contributed by atoms with Gasteiger partial charge in [0.1, 0.15) is 0 Å². The summed E-state index contributed by atoms with van der Waals surface area (Å²) < 4.78 is 5.37. The lowest BCUT2D eigenvalue weighted by Crippen LogP contribution is -2.48. The molecule has 2 aliphatic heterocycles. The summed E-state index contributed by atoms with van der Waals surface area (Å²) in [6.45, 7) is 4.83. The Balaban J connectivity index is 1.89. The Labute approximate surface area is 104 Å². The number of rotatable bonds is 2. The van der Waals surface area contributed by atoms with Crippen molar-refractivity contribution in [3.63, 3.8) is 0 Å². The third-order valence-corrected chi connectivity index (χ3v) is 4.00. The topological polar surface area (TPSA) is 41.6 Å². The lowest BCUT2D eigenvalue weighted by molar-refractivity contribution is -0.140. The molecule has 0 spiro atoms. The molecular formula is C13H24N2O2. The van der Waals surface area contributed by atoms with Gasteiger partial charge in [-0.25, -0.2) is 0 Å². The second-order valence-electron chi connectivity index (χ2n) is 5.36. The van der Waals surface area contributed by atoms with Crippen LogP contribution in [0.5, 0.6) is 0 Å². The van der Waals surface area contributed by atoms with Crippen LogP contribution in [-0.2, 0) is 9.53 Å². The molecule has 0 radical (unpaired) electrons. The summed E-state index contributed by atoms with van der Waals surface area (Å²) in [5.74, 6) is 0.571. The number of nitrogens with one attached hydrogen (secondary N) is 1. The highest BCUT2D eigenvalue weighted by Gasteiger charge is 2.31. The molecular weight excluding hydrogens is 216 g/mol. The Morgan fingerprint density at radius 1 is 1.41 bits per heavy atom. The monoisotopic (exact) mass is 240 g/mol. The molecule has 98 valence electrons. The van der Waals surface area contributed by atoms with Gasteiger partial charge in [0.2, 0.25) is 5.91 Å². The third-order valence-electron chi connectivity index (χ3n) is 4.00. The molecule has 17 heavy (non-hydrogen) atoms. The van der Waals surface area contributed by atoms with Crippen LogP contribution < -0.4 is 5.32 Å². The Hall–Kier alpha value is -0.610. The first-order valence-corrected chi connectivity index (χ1v) is 6.75. The van der Waals surface area contributed by atoms with Crippen LogP contribution in [0.3, 0.4) is 0 Å². The van der Waals surface area contributed by atoms with Gasteiger partial charge in [-0.2, -0.15) is 0 Å². The summed E-state index contributed by atoms with van der Waals surface area (Å²) in [5, 5.41) is 3.39. The molecule has 0 bridgehead atoms. The van der Waals surface area contributed by atoms with Gasteiger partial charge in [0.25, 0.3) is 0 Å². The number of likely N-dealkylation sites (tertiary alicyclic amines) is 1. The Morgan fingerprint density at radius 2 is 2.24 bits per heavy atom. The maximum Gasteiger partial charge on any atom is 0.225 e. The summed E-state index contributed by atoms with van der Waals surface area (Å²) in [6.07, 6.45) is 4.37. The summed E-state index contributed by atoms with van der Waals surface area (Å²) in [6, 6.07) is 0.473. The van der Waals surface area contributed by atoms with Crippen molar-refractivity contribution in [3.05, 3.63) is 0 Å². The molecule has 2 heterocycles. The average molecular weight is 240 g/mol. The SMILES string of the molecule is COC1CCCN(C(=O)C2CCNC(C)C2)C1. The van der Waals surface area contributed by atoms with E-state index in [1.165, 1.54) is 0 Å². The normalized spacial score (nSPS) is 34.7. The van der Waals surface area contributed by atoms with Gasteiger partial charge in [-0.1, -0.05) is 0 Å². The smallest absolute Gasteiger partial charge is 0.225 e. The summed E-state index contributed by atoms with van der Waals surface area (Å²) in [5.41, 5.74) is 0. The fourth-order valence-corrected chi connectivity index (χ4v) is 2.95. The van der Waals surface area contributed by atoms with E-state index < -0.39 is 0 Å². The van der Waals surface area contributed by atoms with Crippen LogP contribution in [-0.4, -0.2) is 49.7 Å². The fraction of sp³-hybridized carbons (Fsp3) is 0.923. The van der Waals surface area contributed by atoms with E-state index >= 15 is 0 Å². The van der Waals surface area contributed by atoms with Gasteiger partial charge in [-0.05, 0) is 39.2 Å². The molecule has 3 atom stereocenters. The number of amides is 1. The van der Waals surface area contributed by atoms with Gasteiger partial charge in [0.05, 0.1) is 6.10 Å². The number of ether oxygens (including phenoxy) is 1. The number of piperidine rings is 2. The number of carbonyl (C=O) groups is 1. The van der Waals surface area contributed by atoms with Crippen LogP contribution in [0.2, 0.25) is 0 Å². The zero-order chi connectivity index (χ0) is 12.3. The molecule has 0 aromatic carbocycles. The molecule has 0 aromatic heterocycles. The van der Waals surface area contributed by atoms with Gasteiger partial charge in [0.15, 0.2) is 0 Å². The van der Waals surface area contributed by atoms with Gasteiger partial charge >= 0.3 is 0 Å². The Morgan fingerprint density at radius 3 is 2.94 bits per heavy atom. The lowest BCUT2D eigenvalue weighted by atomic mass is 9.91. The van der Waals surface area contributed by atoms with Crippen molar-refractivity contribution in [1.29, 1.82) is 0 Å². The second-order valence-corrected chi connectivity index (χ2v) is 5.36. The van der Waals surface area contributed by atoms with Gasteiger partial charge in [0, 0.05) is 32.2 Å². The molecule has 2 fully saturated rings. The average Bonchev–Trinajstić information content (AvgIpc) is 2.38. The van der Waals surface area contributed by atoms with Crippen molar-refractivity contribution in [2.75, 3.05) is 26.7 Å². The quantitative estimate of drug-likeness (QED) is 0.783. The van der Waals surface area contributed by atoms with Crippen LogP contribution in [0.4, 0.5) is 0 Å². The van der Waals surface area contributed by atoms with E-state index in [9.17, 15) is 4.79 Å². The molecule has 0 saturated carbocycles. The third kappa shape index (κ3) is 3.19. The van der Waals surface area contributed by atoms with Gasteiger partial charge < -0.3 is 15.0 Å². The number of nitrogens with zero attached hydrogens (tertiary/aromatic N) is 1. The minimum absolute atomic E-state index is 0.224. The molecule has 1 N–H and O–H groups in total. The fourth-order valence-electron chi connectivity index (χ4n) is 2.95. The number of hydrogen-bond donors (Lipinski definition) is 1. The summed E-state index contributed by atoms with van der Waals surface area (Å²) >= 11 is 0. The van der Waals surface area contributed by atoms with Crippen molar-refractivity contribution in [2.45, 2.75) is 44.8 Å². The summed E-state index contributed by atoms with van der Waals surface area (Å²) in [7, 11) is 1.74. The van der Waals surface area contributed by atoms with Gasteiger partial charge in [-0.15, -0.1) is 0 Å². The molecule has 3 unspecified atom stereocenters. The van der Waals surface area contributed by atoms with Crippen molar-refractivity contribution in [3.8, 4) is 0 Å². The van der Waals surface area contributed by atoms with E-state index in [1.807, 2.05) is 4.90 Å². The zero-order valence-electron chi connectivity index (χ0n) is 10.9. The molecule has 4 nitrogen and oxygen atoms in total. The standard InChI is InChI=1S/C13H24N2O2/c1-10-8-11(5-6-14-10)13(16)15-7-3-4-12(9-15)17-2/h10-12,14H,3-9H2,1-2H3. The van der Waals surface area contributed by atoms with E-state index in [1.54, 1.807) is 7.11 Å². The predicted octanol–water partition coefficient (Wildman–Crippen LogP) is 1.01. The first-order valence-electron chi connectivity index (χ1n) is 6.75. The molecule has 1 amide bonds. The van der Waals surface area contributed by atoms with Crippen LogP contribution in [0, 0.1) is 5.92 Å². The molecule has 4 heteroatoms. The van der Waals surface area contributed by atoms with Gasteiger partial charge in [-0.3, -0.25) is 4.79 Å². The molecule has 2 saturated heterocycles. The first kappa shape index (κ1) is 12.8. The highest BCUT2D eigenvalue weighted by molar-refractivity contribution is 5.79. The largest absolute Gasteiger partial charge is 0.380 e. The Bertz CT molecular complexity index is 270.